The normalized spacial score (nSPS) is 21.0. The molecule has 1 saturated heterocycles. The number of nitrogen functional groups attached to an aromatic ring is 1. The third kappa shape index (κ3) is 2.97. The van der Waals surface area contributed by atoms with Crippen molar-refractivity contribution in [2.24, 2.45) is 0 Å². The van der Waals surface area contributed by atoms with E-state index in [9.17, 15) is 0 Å². The summed E-state index contributed by atoms with van der Waals surface area (Å²) in [6, 6.07) is 0. The van der Waals surface area contributed by atoms with E-state index in [1.54, 1.807) is 0 Å². The van der Waals surface area contributed by atoms with E-state index >= 15 is 0 Å². The molecule has 4 nitrogen and oxygen atoms in total. The number of nitrogens with zero attached hydrogens (tertiary/aromatic N) is 2. The van der Waals surface area contributed by atoms with Gasteiger partial charge < -0.3 is 10.5 Å². The predicted octanol–water partition coefficient (Wildman–Crippen LogP) is 2.92. The average Bonchev–Trinajstić information content (AvgIpc) is 2.32. The van der Waals surface area contributed by atoms with Gasteiger partial charge in [0.2, 0.25) is 0 Å². The summed E-state index contributed by atoms with van der Waals surface area (Å²) in [6.07, 6.45) is -0.0414. The van der Waals surface area contributed by atoms with Crippen molar-refractivity contribution < 1.29 is 4.74 Å². The van der Waals surface area contributed by atoms with E-state index in [1.165, 1.54) is 0 Å². The maximum Gasteiger partial charge on any atom is 0.160 e. The van der Waals surface area contributed by atoms with Crippen LogP contribution in [0.5, 0.6) is 0 Å². The standard InChI is InChI=1S/C12H18BrN3OS/c1-12(2,3)9-8(13)10(14)16-11(15-9)7-6-18-5-4-17-7/h7H,4-6H2,1-3H3,(H2,14,15,16). The van der Waals surface area contributed by atoms with Gasteiger partial charge in [-0.15, -0.1) is 0 Å². The summed E-state index contributed by atoms with van der Waals surface area (Å²) in [5, 5.41) is 0. The molecule has 1 unspecified atom stereocenters. The Balaban J connectivity index is 2.40. The van der Waals surface area contributed by atoms with Gasteiger partial charge in [0.15, 0.2) is 5.82 Å². The summed E-state index contributed by atoms with van der Waals surface area (Å²) in [7, 11) is 0. The Kier molecular flexibility index (Phi) is 4.18. The Bertz CT molecular complexity index is 442. The first-order valence-electron chi connectivity index (χ1n) is 5.92. The molecule has 0 amide bonds. The zero-order valence-corrected chi connectivity index (χ0v) is 13.3. The number of hydrogen-bond acceptors (Lipinski definition) is 5. The highest BCUT2D eigenvalue weighted by Crippen LogP contribution is 2.33. The van der Waals surface area contributed by atoms with Crippen molar-refractivity contribution in [2.75, 3.05) is 23.8 Å². The van der Waals surface area contributed by atoms with Crippen LogP contribution < -0.4 is 5.73 Å². The van der Waals surface area contributed by atoms with Crippen molar-refractivity contribution in [2.45, 2.75) is 32.3 Å². The molecule has 0 aliphatic carbocycles. The van der Waals surface area contributed by atoms with E-state index in [1.807, 2.05) is 11.8 Å². The zero-order chi connectivity index (χ0) is 13.3. The number of ether oxygens (including phenoxy) is 1. The summed E-state index contributed by atoms with van der Waals surface area (Å²) >= 11 is 5.34. The summed E-state index contributed by atoms with van der Waals surface area (Å²) in [5.74, 6) is 3.12. The van der Waals surface area contributed by atoms with Gasteiger partial charge in [-0.25, -0.2) is 9.97 Å². The van der Waals surface area contributed by atoms with Crippen LogP contribution in [0.2, 0.25) is 0 Å². The second-order valence-corrected chi connectivity index (χ2v) is 7.26. The van der Waals surface area contributed by atoms with Crippen LogP contribution in [0.3, 0.4) is 0 Å². The van der Waals surface area contributed by atoms with E-state index in [2.05, 4.69) is 46.7 Å². The molecule has 1 fully saturated rings. The molecule has 0 radical (unpaired) electrons. The topological polar surface area (TPSA) is 61.0 Å². The minimum atomic E-state index is -0.0769. The van der Waals surface area contributed by atoms with Gasteiger partial charge in [0.25, 0.3) is 0 Å². The Morgan fingerprint density at radius 3 is 2.67 bits per heavy atom. The van der Waals surface area contributed by atoms with Gasteiger partial charge in [-0.3, -0.25) is 0 Å². The molecule has 0 aromatic carbocycles. The highest BCUT2D eigenvalue weighted by atomic mass is 79.9. The molecule has 2 heterocycles. The van der Waals surface area contributed by atoms with Gasteiger partial charge in [-0.05, 0) is 15.9 Å². The first-order chi connectivity index (χ1) is 8.39. The van der Waals surface area contributed by atoms with Crippen LogP contribution in [0.1, 0.15) is 38.4 Å². The summed E-state index contributed by atoms with van der Waals surface area (Å²) in [4.78, 5) is 9.00. The molecule has 1 atom stereocenters. The molecule has 1 aromatic rings. The predicted molar refractivity (Wildman–Crippen MR) is 78.9 cm³/mol. The number of anilines is 1. The van der Waals surface area contributed by atoms with Crippen molar-refractivity contribution in [1.82, 2.24) is 9.97 Å². The van der Waals surface area contributed by atoms with Crippen LogP contribution >= 0.6 is 27.7 Å². The summed E-state index contributed by atoms with van der Waals surface area (Å²) < 4.78 is 6.50. The van der Waals surface area contributed by atoms with Crippen LogP contribution in [-0.4, -0.2) is 28.1 Å². The Morgan fingerprint density at radius 2 is 2.11 bits per heavy atom. The second kappa shape index (κ2) is 5.35. The summed E-state index contributed by atoms with van der Waals surface area (Å²) in [6.45, 7) is 7.08. The van der Waals surface area contributed by atoms with Crippen LogP contribution in [0.4, 0.5) is 5.82 Å². The van der Waals surface area contributed by atoms with Gasteiger partial charge in [0, 0.05) is 16.9 Å². The molecule has 2 N–H and O–H groups in total. The Morgan fingerprint density at radius 1 is 1.39 bits per heavy atom. The van der Waals surface area contributed by atoms with Gasteiger partial charge in [-0.2, -0.15) is 11.8 Å². The largest absolute Gasteiger partial charge is 0.383 e. The average molecular weight is 332 g/mol. The van der Waals surface area contributed by atoms with Crippen LogP contribution in [0.15, 0.2) is 4.47 Å². The smallest absolute Gasteiger partial charge is 0.160 e. The molecule has 6 heteroatoms. The zero-order valence-electron chi connectivity index (χ0n) is 10.9. The molecule has 18 heavy (non-hydrogen) atoms. The maximum absolute atomic E-state index is 5.96. The monoisotopic (exact) mass is 331 g/mol. The fourth-order valence-corrected chi connectivity index (χ4v) is 3.37. The SMILES string of the molecule is CC(C)(C)c1nc(C2CSCCO2)nc(N)c1Br. The van der Waals surface area contributed by atoms with E-state index in [4.69, 9.17) is 10.5 Å². The lowest BCUT2D eigenvalue weighted by Crippen LogP contribution is -2.23. The van der Waals surface area contributed by atoms with Crippen molar-refractivity contribution in [3.05, 3.63) is 16.0 Å². The van der Waals surface area contributed by atoms with E-state index in [0.29, 0.717) is 11.6 Å². The van der Waals surface area contributed by atoms with E-state index in [-0.39, 0.29) is 11.5 Å². The minimum absolute atomic E-state index is 0.0414. The number of thioether (sulfide) groups is 1. The van der Waals surface area contributed by atoms with Crippen molar-refractivity contribution in [3.63, 3.8) is 0 Å². The molecular weight excluding hydrogens is 314 g/mol. The first kappa shape index (κ1) is 14.1. The van der Waals surface area contributed by atoms with Gasteiger partial charge >= 0.3 is 0 Å². The van der Waals surface area contributed by atoms with Crippen LogP contribution in [0.25, 0.3) is 0 Å². The molecule has 1 aromatic heterocycles. The van der Waals surface area contributed by atoms with Gasteiger partial charge in [-0.1, -0.05) is 20.8 Å². The number of rotatable bonds is 1. The van der Waals surface area contributed by atoms with Crippen molar-refractivity contribution >= 4 is 33.5 Å². The molecular formula is C12H18BrN3OS. The molecule has 2 rings (SSSR count). The lowest BCUT2D eigenvalue weighted by atomic mass is 9.92. The summed E-state index contributed by atoms with van der Waals surface area (Å²) in [5.41, 5.74) is 6.82. The van der Waals surface area contributed by atoms with Crippen LogP contribution in [-0.2, 0) is 10.2 Å². The Hall–Kier alpha value is -0.330. The van der Waals surface area contributed by atoms with Crippen molar-refractivity contribution in [3.8, 4) is 0 Å². The maximum atomic E-state index is 5.96. The number of nitrogens with two attached hydrogens (primary N) is 1. The molecule has 0 saturated carbocycles. The minimum Gasteiger partial charge on any atom is -0.383 e. The molecule has 1 aliphatic rings. The number of aromatic nitrogens is 2. The number of hydrogen-bond donors (Lipinski definition) is 1. The van der Waals surface area contributed by atoms with E-state index < -0.39 is 0 Å². The third-order valence-corrected chi connectivity index (χ3v) is 4.48. The fourth-order valence-electron chi connectivity index (χ4n) is 1.76. The van der Waals surface area contributed by atoms with Gasteiger partial charge in [0.1, 0.15) is 11.9 Å². The molecule has 0 spiro atoms. The first-order valence-corrected chi connectivity index (χ1v) is 7.87. The molecule has 1 aliphatic heterocycles. The fraction of sp³-hybridized carbons (Fsp3) is 0.667. The van der Waals surface area contributed by atoms with Gasteiger partial charge in [0.05, 0.1) is 16.8 Å². The van der Waals surface area contributed by atoms with E-state index in [0.717, 1.165) is 28.3 Å². The number of halogens is 1. The molecule has 0 bridgehead atoms. The lowest BCUT2D eigenvalue weighted by Gasteiger charge is -2.25. The second-order valence-electron chi connectivity index (χ2n) is 5.31. The quantitative estimate of drug-likeness (QED) is 0.857. The Labute approximate surface area is 120 Å². The highest BCUT2D eigenvalue weighted by Gasteiger charge is 2.26. The lowest BCUT2D eigenvalue weighted by molar-refractivity contribution is 0.0692. The molecule has 100 valence electrons. The van der Waals surface area contributed by atoms with Crippen LogP contribution in [0, 0.1) is 0 Å². The van der Waals surface area contributed by atoms with Crippen molar-refractivity contribution in [1.29, 1.82) is 0 Å². The highest BCUT2D eigenvalue weighted by molar-refractivity contribution is 9.10. The third-order valence-electron chi connectivity index (χ3n) is 2.71.